The molecule has 0 aliphatic carbocycles. The number of rotatable bonds is 7. The molecule has 3 aromatic rings. The summed E-state index contributed by atoms with van der Waals surface area (Å²) in [6, 6.07) is 17.2. The first kappa shape index (κ1) is 18.0. The Morgan fingerprint density at radius 1 is 1.19 bits per heavy atom. The van der Waals surface area contributed by atoms with Crippen LogP contribution in [-0.4, -0.2) is 32.5 Å². The SMILES string of the molecule is CCOc1ccccc1NC(=O)C(C)Sc1nncn1-c1ccccc1. The quantitative estimate of drug-likeness (QED) is 0.643. The lowest BCUT2D eigenvalue weighted by Crippen LogP contribution is -2.23. The van der Waals surface area contributed by atoms with Crippen LogP contribution in [0.15, 0.2) is 66.1 Å². The average molecular weight is 368 g/mol. The number of anilines is 1. The monoisotopic (exact) mass is 368 g/mol. The summed E-state index contributed by atoms with van der Waals surface area (Å²) in [4.78, 5) is 12.6. The number of nitrogens with zero attached hydrogens (tertiary/aromatic N) is 3. The van der Waals surface area contributed by atoms with Gasteiger partial charge in [0.1, 0.15) is 12.1 Å². The van der Waals surface area contributed by atoms with E-state index < -0.39 is 0 Å². The third-order valence-corrected chi connectivity index (χ3v) is 4.70. The number of hydrogen-bond donors (Lipinski definition) is 1. The molecule has 0 bridgehead atoms. The Labute approximate surface area is 156 Å². The van der Waals surface area contributed by atoms with Crippen LogP contribution in [-0.2, 0) is 4.79 Å². The van der Waals surface area contributed by atoms with Crippen LogP contribution in [0.5, 0.6) is 5.75 Å². The van der Waals surface area contributed by atoms with Gasteiger partial charge in [-0.1, -0.05) is 42.1 Å². The van der Waals surface area contributed by atoms with E-state index in [4.69, 9.17) is 4.74 Å². The smallest absolute Gasteiger partial charge is 0.237 e. The second kappa shape index (κ2) is 8.53. The van der Waals surface area contributed by atoms with Gasteiger partial charge in [-0.2, -0.15) is 0 Å². The van der Waals surface area contributed by atoms with Gasteiger partial charge in [0.05, 0.1) is 17.5 Å². The molecule has 0 aliphatic rings. The zero-order valence-electron chi connectivity index (χ0n) is 14.6. The van der Waals surface area contributed by atoms with Crippen LogP contribution in [0.1, 0.15) is 13.8 Å². The maximum Gasteiger partial charge on any atom is 0.237 e. The van der Waals surface area contributed by atoms with Crippen LogP contribution < -0.4 is 10.1 Å². The maximum absolute atomic E-state index is 12.6. The molecule has 26 heavy (non-hydrogen) atoms. The molecule has 0 aliphatic heterocycles. The highest BCUT2D eigenvalue weighted by molar-refractivity contribution is 8.00. The van der Waals surface area contributed by atoms with Gasteiger partial charge in [-0.05, 0) is 38.1 Å². The average Bonchev–Trinajstić information content (AvgIpc) is 3.12. The van der Waals surface area contributed by atoms with Crippen molar-refractivity contribution in [1.29, 1.82) is 0 Å². The highest BCUT2D eigenvalue weighted by Gasteiger charge is 2.19. The van der Waals surface area contributed by atoms with Crippen molar-refractivity contribution in [3.8, 4) is 11.4 Å². The Morgan fingerprint density at radius 3 is 2.69 bits per heavy atom. The zero-order valence-corrected chi connectivity index (χ0v) is 15.4. The largest absolute Gasteiger partial charge is 0.492 e. The second-order valence-electron chi connectivity index (χ2n) is 5.50. The number of aromatic nitrogens is 3. The molecule has 134 valence electrons. The van der Waals surface area contributed by atoms with E-state index in [0.29, 0.717) is 23.2 Å². The standard InChI is InChI=1S/C19H20N4O2S/c1-3-25-17-12-8-7-11-16(17)21-18(24)14(2)26-19-22-20-13-23(19)15-9-5-4-6-10-15/h4-14H,3H2,1-2H3,(H,21,24). The number of nitrogens with one attached hydrogen (secondary N) is 1. The number of benzene rings is 2. The van der Waals surface area contributed by atoms with Crippen molar-refractivity contribution in [3.05, 3.63) is 60.9 Å². The van der Waals surface area contributed by atoms with Gasteiger partial charge in [0, 0.05) is 5.69 Å². The molecular formula is C19H20N4O2S. The molecule has 3 rings (SSSR count). The molecule has 0 radical (unpaired) electrons. The first-order valence-corrected chi connectivity index (χ1v) is 9.21. The van der Waals surface area contributed by atoms with E-state index in [9.17, 15) is 4.79 Å². The highest BCUT2D eigenvalue weighted by atomic mass is 32.2. The van der Waals surface area contributed by atoms with Crippen molar-refractivity contribution in [2.75, 3.05) is 11.9 Å². The number of thioether (sulfide) groups is 1. The van der Waals surface area contributed by atoms with E-state index >= 15 is 0 Å². The Kier molecular flexibility index (Phi) is 5.91. The van der Waals surface area contributed by atoms with Crippen molar-refractivity contribution < 1.29 is 9.53 Å². The van der Waals surface area contributed by atoms with E-state index in [1.165, 1.54) is 11.8 Å². The lowest BCUT2D eigenvalue weighted by atomic mass is 10.3. The minimum absolute atomic E-state index is 0.121. The summed E-state index contributed by atoms with van der Waals surface area (Å²) in [6.07, 6.45) is 1.65. The van der Waals surface area contributed by atoms with Gasteiger partial charge in [0.25, 0.3) is 0 Å². The van der Waals surface area contributed by atoms with Gasteiger partial charge in [0.2, 0.25) is 5.91 Å². The third kappa shape index (κ3) is 4.23. The molecule has 0 spiro atoms. The fourth-order valence-corrected chi connectivity index (χ4v) is 3.21. The highest BCUT2D eigenvalue weighted by Crippen LogP contribution is 2.27. The first-order chi connectivity index (χ1) is 12.7. The number of hydrogen-bond acceptors (Lipinski definition) is 5. The summed E-state index contributed by atoms with van der Waals surface area (Å²) in [5.41, 5.74) is 1.62. The summed E-state index contributed by atoms with van der Waals surface area (Å²) < 4.78 is 7.42. The molecule has 1 unspecified atom stereocenters. The summed E-state index contributed by atoms with van der Waals surface area (Å²) in [6.45, 7) is 4.29. The van der Waals surface area contributed by atoms with Gasteiger partial charge in [-0.3, -0.25) is 9.36 Å². The van der Waals surface area contributed by atoms with Gasteiger partial charge in [-0.25, -0.2) is 0 Å². The molecule has 0 saturated carbocycles. The van der Waals surface area contributed by atoms with Crippen molar-refractivity contribution >= 4 is 23.4 Å². The van der Waals surface area contributed by atoms with E-state index in [1.54, 1.807) is 6.33 Å². The predicted octanol–water partition coefficient (Wildman–Crippen LogP) is 3.79. The summed E-state index contributed by atoms with van der Waals surface area (Å²) in [5.74, 6) is 0.540. The minimum atomic E-state index is -0.351. The Bertz CT molecular complexity index is 867. The van der Waals surface area contributed by atoms with E-state index in [2.05, 4.69) is 15.5 Å². The first-order valence-electron chi connectivity index (χ1n) is 8.34. The molecule has 7 heteroatoms. The Hall–Kier alpha value is -2.80. The number of para-hydroxylation sites is 3. The normalized spacial score (nSPS) is 11.8. The summed E-state index contributed by atoms with van der Waals surface area (Å²) in [5, 5.41) is 11.4. The van der Waals surface area contributed by atoms with E-state index in [-0.39, 0.29) is 11.2 Å². The molecule has 6 nitrogen and oxygen atoms in total. The zero-order chi connectivity index (χ0) is 18.4. The fourth-order valence-electron chi connectivity index (χ4n) is 2.37. The lowest BCUT2D eigenvalue weighted by molar-refractivity contribution is -0.115. The van der Waals surface area contributed by atoms with Gasteiger partial charge in [0.15, 0.2) is 5.16 Å². The molecule has 1 amide bonds. The number of ether oxygens (including phenoxy) is 1. The topological polar surface area (TPSA) is 69.0 Å². The molecule has 1 aromatic heterocycles. The summed E-state index contributed by atoms with van der Waals surface area (Å²) >= 11 is 1.35. The van der Waals surface area contributed by atoms with Crippen LogP contribution >= 0.6 is 11.8 Å². The van der Waals surface area contributed by atoms with E-state index in [0.717, 1.165) is 5.69 Å². The third-order valence-electron chi connectivity index (χ3n) is 3.65. The van der Waals surface area contributed by atoms with E-state index in [1.807, 2.05) is 73.0 Å². The van der Waals surface area contributed by atoms with Crippen LogP contribution in [0.2, 0.25) is 0 Å². The number of carbonyl (C=O) groups excluding carboxylic acids is 1. The maximum atomic E-state index is 12.6. The predicted molar refractivity (Wildman–Crippen MR) is 103 cm³/mol. The Morgan fingerprint density at radius 2 is 1.92 bits per heavy atom. The summed E-state index contributed by atoms with van der Waals surface area (Å²) in [7, 11) is 0. The fraction of sp³-hybridized carbons (Fsp3) is 0.211. The minimum Gasteiger partial charge on any atom is -0.492 e. The molecule has 1 N–H and O–H groups in total. The van der Waals surface area contributed by atoms with Crippen molar-refractivity contribution in [2.24, 2.45) is 0 Å². The Balaban J connectivity index is 1.70. The molecular weight excluding hydrogens is 348 g/mol. The van der Waals surface area contributed by atoms with Crippen LogP contribution in [0, 0.1) is 0 Å². The molecule has 0 saturated heterocycles. The number of carbonyl (C=O) groups is 1. The molecule has 1 heterocycles. The van der Waals surface area contributed by atoms with Crippen LogP contribution in [0.3, 0.4) is 0 Å². The van der Waals surface area contributed by atoms with Crippen molar-refractivity contribution in [3.63, 3.8) is 0 Å². The molecule has 0 fully saturated rings. The van der Waals surface area contributed by atoms with Crippen LogP contribution in [0.4, 0.5) is 5.69 Å². The van der Waals surface area contributed by atoms with Gasteiger partial charge < -0.3 is 10.1 Å². The van der Waals surface area contributed by atoms with Gasteiger partial charge in [-0.15, -0.1) is 10.2 Å². The number of amides is 1. The molecule has 1 atom stereocenters. The van der Waals surface area contributed by atoms with Crippen LogP contribution in [0.25, 0.3) is 5.69 Å². The van der Waals surface area contributed by atoms with Gasteiger partial charge >= 0.3 is 0 Å². The lowest BCUT2D eigenvalue weighted by Gasteiger charge is -2.15. The van der Waals surface area contributed by atoms with Crippen molar-refractivity contribution in [2.45, 2.75) is 24.3 Å². The second-order valence-corrected chi connectivity index (χ2v) is 6.81. The molecule has 2 aromatic carbocycles. The van der Waals surface area contributed by atoms with Crippen molar-refractivity contribution in [1.82, 2.24) is 14.8 Å².